The van der Waals surface area contributed by atoms with Crippen LogP contribution in [-0.2, 0) is 12.8 Å². The Morgan fingerprint density at radius 1 is 0.385 bits per heavy atom. The quantitative estimate of drug-likeness (QED) is 0.171. The SMILES string of the molecule is c1cc(-c2cccc3ccccc23)cc(N(c2ccc(-c3ccccc3-n3c4ccccc4c4ccccc43)cc2)c2ccc3c(c2)CCCC3)c1. The molecule has 10 rings (SSSR count). The van der Waals surface area contributed by atoms with E-state index < -0.39 is 0 Å². The molecule has 0 N–H and O–H groups in total. The maximum Gasteiger partial charge on any atom is 0.0541 e. The third-order valence-corrected chi connectivity index (χ3v) is 11.0. The molecule has 0 atom stereocenters. The van der Waals surface area contributed by atoms with Crippen molar-refractivity contribution < 1.29 is 0 Å². The monoisotopic (exact) mass is 666 g/mol. The number of hydrogen-bond donors (Lipinski definition) is 0. The number of nitrogens with zero attached hydrogens (tertiary/aromatic N) is 2. The van der Waals surface area contributed by atoms with E-state index in [1.165, 1.54) is 96.6 Å². The zero-order valence-corrected chi connectivity index (χ0v) is 29.0. The number of hydrogen-bond acceptors (Lipinski definition) is 1. The molecule has 0 unspecified atom stereocenters. The summed E-state index contributed by atoms with van der Waals surface area (Å²) in [7, 11) is 0. The molecule has 0 radical (unpaired) electrons. The van der Waals surface area contributed by atoms with Crippen LogP contribution in [0, 0.1) is 0 Å². The lowest BCUT2D eigenvalue weighted by atomic mass is 9.91. The van der Waals surface area contributed by atoms with Crippen LogP contribution >= 0.6 is 0 Å². The van der Waals surface area contributed by atoms with Gasteiger partial charge >= 0.3 is 0 Å². The lowest BCUT2D eigenvalue weighted by molar-refractivity contribution is 0.685. The van der Waals surface area contributed by atoms with Crippen LogP contribution in [0.3, 0.4) is 0 Å². The Morgan fingerprint density at radius 3 is 1.79 bits per heavy atom. The smallest absolute Gasteiger partial charge is 0.0541 e. The van der Waals surface area contributed by atoms with E-state index in [-0.39, 0.29) is 0 Å². The molecule has 0 fully saturated rings. The Balaban J connectivity index is 1.10. The van der Waals surface area contributed by atoms with Gasteiger partial charge in [-0.2, -0.15) is 0 Å². The minimum Gasteiger partial charge on any atom is -0.310 e. The second-order valence-corrected chi connectivity index (χ2v) is 14.0. The van der Waals surface area contributed by atoms with Gasteiger partial charge in [-0.25, -0.2) is 0 Å². The van der Waals surface area contributed by atoms with E-state index in [4.69, 9.17) is 0 Å². The summed E-state index contributed by atoms with van der Waals surface area (Å²) >= 11 is 0. The number of rotatable bonds is 6. The molecular weight excluding hydrogens is 629 g/mol. The molecule has 9 aromatic rings. The van der Waals surface area contributed by atoms with Crippen LogP contribution in [0.4, 0.5) is 17.1 Å². The van der Waals surface area contributed by atoms with Crippen molar-refractivity contribution in [3.63, 3.8) is 0 Å². The van der Waals surface area contributed by atoms with Crippen LogP contribution < -0.4 is 4.90 Å². The molecule has 2 heteroatoms. The number of para-hydroxylation sites is 3. The normalized spacial score (nSPS) is 12.7. The van der Waals surface area contributed by atoms with Gasteiger partial charge in [0.25, 0.3) is 0 Å². The molecule has 248 valence electrons. The van der Waals surface area contributed by atoms with Crippen LogP contribution in [0.15, 0.2) is 182 Å². The van der Waals surface area contributed by atoms with Crippen molar-refractivity contribution >= 4 is 49.6 Å². The molecule has 0 amide bonds. The Kier molecular flexibility index (Phi) is 7.46. The summed E-state index contributed by atoms with van der Waals surface area (Å²) in [4.78, 5) is 2.44. The van der Waals surface area contributed by atoms with Crippen molar-refractivity contribution in [1.29, 1.82) is 0 Å². The van der Waals surface area contributed by atoms with Crippen molar-refractivity contribution in [3.8, 4) is 27.9 Å². The fourth-order valence-electron chi connectivity index (χ4n) is 8.48. The topological polar surface area (TPSA) is 8.17 Å². The molecule has 52 heavy (non-hydrogen) atoms. The van der Waals surface area contributed by atoms with E-state index in [1.807, 2.05) is 0 Å². The van der Waals surface area contributed by atoms with Gasteiger partial charge < -0.3 is 9.47 Å². The summed E-state index contributed by atoms with van der Waals surface area (Å²) in [5.74, 6) is 0. The van der Waals surface area contributed by atoms with E-state index >= 15 is 0 Å². The summed E-state index contributed by atoms with van der Waals surface area (Å²) in [5, 5.41) is 5.08. The zero-order valence-electron chi connectivity index (χ0n) is 29.0. The zero-order chi connectivity index (χ0) is 34.4. The van der Waals surface area contributed by atoms with E-state index in [0.717, 1.165) is 17.8 Å². The summed E-state index contributed by atoms with van der Waals surface area (Å²) < 4.78 is 2.42. The third kappa shape index (κ3) is 5.18. The standard InChI is InChI=1S/C50H38N2/c1-2-15-38-33-42(32-27-35(38)13-1)51(41-18-11-17-39(34-41)44-23-12-16-36-14-3-4-19-43(36)44)40-30-28-37(29-31-40)45-20-5-8-24-48(45)52-49-25-9-6-21-46(49)47-22-7-10-26-50(47)52/h3-12,14,16-34H,1-2,13,15H2. The molecule has 0 bridgehead atoms. The first-order chi connectivity index (χ1) is 25.8. The highest BCUT2D eigenvalue weighted by Gasteiger charge is 2.19. The summed E-state index contributed by atoms with van der Waals surface area (Å²) in [6.07, 6.45) is 4.85. The van der Waals surface area contributed by atoms with Gasteiger partial charge in [-0.1, -0.05) is 127 Å². The summed E-state index contributed by atoms with van der Waals surface area (Å²) in [5.41, 5.74) is 15.0. The molecule has 0 saturated carbocycles. The summed E-state index contributed by atoms with van der Waals surface area (Å²) in [6.45, 7) is 0. The van der Waals surface area contributed by atoms with Crippen molar-refractivity contribution in [2.75, 3.05) is 4.90 Å². The lowest BCUT2D eigenvalue weighted by Crippen LogP contribution is -2.12. The molecular formula is C50H38N2. The predicted octanol–water partition coefficient (Wildman–Crippen LogP) is 13.6. The summed E-state index contributed by atoms with van der Waals surface area (Å²) in [6, 6.07) is 66.9. The second kappa shape index (κ2) is 12.7. The van der Waals surface area contributed by atoms with Crippen molar-refractivity contribution in [2.45, 2.75) is 25.7 Å². The average molecular weight is 667 g/mol. The fourth-order valence-corrected chi connectivity index (χ4v) is 8.48. The predicted molar refractivity (Wildman–Crippen MR) is 220 cm³/mol. The van der Waals surface area contributed by atoms with Gasteiger partial charge in [-0.05, 0) is 119 Å². The molecule has 1 aliphatic carbocycles. The molecule has 1 heterocycles. The molecule has 8 aromatic carbocycles. The van der Waals surface area contributed by atoms with Gasteiger partial charge in [0, 0.05) is 33.4 Å². The number of anilines is 3. The molecule has 1 aromatic heterocycles. The van der Waals surface area contributed by atoms with E-state index in [1.54, 1.807) is 0 Å². The van der Waals surface area contributed by atoms with Crippen LogP contribution in [0.5, 0.6) is 0 Å². The van der Waals surface area contributed by atoms with Gasteiger partial charge in [0.15, 0.2) is 0 Å². The van der Waals surface area contributed by atoms with E-state index in [2.05, 4.69) is 191 Å². The first-order valence-electron chi connectivity index (χ1n) is 18.5. The number of aryl methyl sites for hydroxylation is 2. The van der Waals surface area contributed by atoms with Gasteiger partial charge in [0.05, 0.1) is 16.7 Å². The fraction of sp³-hybridized carbons (Fsp3) is 0.0800. The van der Waals surface area contributed by atoms with Crippen molar-refractivity contribution in [3.05, 3.63) is 193 Å². The Hall–Kier alpha value is -6.38. The number of aromatic nitrogens is 1. The second-order valence-electron chi connectivity index (χ2n) is 14.0. The van der Waals surface area contributed by atoms with Gasteiger partial charge in [0.1, 0.15) is 0 Å². The first kappa shape index (κ1) is 30.4. The highest BCUT2D eigenvalue weighted by molar-refractivity contribution is 6.09. The highest BCUT2D eigenvalue weighted by Crippen LogP contribution is 2.41. The number of fused-ring (bicyclic) bond motifs is 5. The van der Waals surface area contributed by atoms with Crippen LogP contribution in [0.25, 0.3) is 60.5 Å². The van der Waals surface area contributed by atoms with E-state index in [0.29, 0.717) is 0 Å². The van der Waals surface area contributed by atoms with Gasteiger partial charge in [-0.3, -0.25) is 0 Å². The largest absolute Gasteiger partial charge is 0.310 e. The first-order valence-corrected chi connectivity index (χ1v) is 18.5. The maximum absolute atomic E-state index is 2.44. The lowest BCUT2D eigenvalue weighted by Gasteiger charge is -2.28. The third-order valence-electron chi connectivity index (χ3n) is 11.0. The van der Waals surface area contributed by atoms with Crippen LogP contribution in [0.2, 0.25) is 0 Å². The highest BCUT2D eigenvalue weighted by atomic mass is 15.1. The Bertz CT molecular complexity index is 2690. The minimum absolute atomic E-state index is 1.14. The average Bonchev–Trinajstić information content (AvgIpc) is 3.55. The molecule has 0 spiro atoms. The van der Waals surface area contributed by atoms with Crippen molar-refractivity contribution in [1.82, 2.24) is 4.57 Å². The van der Waals surface area contributed by atoms with E-state index in [9.17, 15) is 0 Å². The molecule has 0 aliphatic heterocycles. The number of benzene rings is 8. The van der Waals surface area contributed by atoms with Crippen LogP contribution in [0.1, 0.15) is 24.0 Å². The maximum atomic E-state index is 2.44. The Labute approximate surface area is 304 Å². The molecule has 2 nitrogen and oxygen atoms in total. The molecule has 0 saturated heterocycles. The van der Waals surface area contributed by atoms with Gasteiger partial charge in [-0.15, -0.1) is 0 Å². The molecule has 1 aliphatic rings. The van der Waals surface area contributed by atoms with Crippen LogP contribution in [-0.4, -0.2) is 4.57 Å². The van der Waals surface area contributed by atoms with Crippen molar-refractivity contribution in [2.24, 2.45) is 0 Å². The minimum atomic E-state index is 1.14. The van der Waals surface area contributed by atoms with Gasteiger partial charge in [0.2, 0.25) is 0 Å². The Morgan fingerprint density at radius 2 is 0.981 bits per heavy atom.